The zero-order valence-electron chi connectivity index (χ0n) is 22.6. The van der Waals surface area contributed by atoms with Crippen molar-refractivity contribution in [2.24, 2.45) is 11.8 Å². The molecule has 1 heterocycles. The van der Waals surface area contributed by atoms with Crippen molar-refractivity contribution in [1.29, 1.82) is 0 Å². The molecule has 0 bridgehead atoms. The van der Waals surface area contributed by atoms with Gasteiger partial charge in [-0.25, -0.2) is 9.97 Å². The number of ether oxygens (including phenoxy) is 1. The van der Waals surface area contributed by atoms with Gasteiger partial charge in [0.1, 0.15) is 5.75 Å². The average molecular weight is 479 g/mol. The lowest BCUT2D eigenvalue weighted by molar-refractivity contribution is 0.258. The molecule has 1 fully saturated rings. The van der Waals surface area contributed by atoms with E-state index < -0.39 is 0 Å². The van der Waals surface area contributed by atoms with E-state index in [9.17, 15) is 0 Å². The van der Waals surface area contributed by atoms with E-state index >= 15 is 0 Å². The van der Waals surface area contributed by atoms with Crippen molar-refractivity contribution in [2.45, 2.75) is 123 Å². The van der Waals surface area contributed by atoms with Crippen molar-refractivity contribution in [1.82, 2.24) is 9.97 Å². The number of hydrogen-bond donors (Lipinski definition) is 0. The molecule has 3 nitrogen and oxygen atoms in total. The highest BCUT2D eigenvalue weighted by Crippen LogP contribution is 2.33. The van der Waals surface area contributed by atoms with Crippen LogP contribution in [0.4, 0.5) is 0 Å². The van der Waals surface area contributed by atoms with Crippen LogP contribution in [-0.2, 0) is 6.42 Å². The Balaban J connectivity index is 1.28. The fourth-order valence-corrected chi connectivity index (χ4v) is 5.41. The summed E-state index contributed by atoms with van der Waals surface area (Å²) in [6.07, 6.45) is 27.0. The van der Waals surface area contributed by atoms with Crippen molar-refractivity contribution in [3.63, 3.8) is 0 Å². The molecule has 1 saturated carbocycles. The minimum atomic E-state index is 0.804. The van der Waals surface area contributed by atoms with Crippen molar-refractivity contribution in [3.05, 3.63) is 42.2 Å². The zero-order chi connectivity index (χ0) is 24.6. The summed E-state index contributed by atoms with van der Waals surface area (Å²) in [5, 5.41) is 0. The summed E-state index contributed by atoms with van der Waals surface area (Å²) in [6.45, 7) is 5.42. The summed E-state index contributed by atoms with van der Waals surface area (Å²) in [5.74, 6) is 3.62. The van der Waals surface area contributed by atoms with E-state index in [0.717, 1.165) is 48.4 Å². The molecule has 1 aromatic heterocycles. The Morgan fingerprint density at radius 2 is 1.29 bits per heavy atom. The number of benzene rings is 1. The van der Waals surface area contributed by atoms with Gasteiger partial charge < -0.3 is 4.74 Å². The largest absolute Gasteiger partial charge is 0.494 e. The summed E-state index contributed by atoms with van der Waals surface area (Å²) in [4.78, 5) is 9.29. The van der Waals surface area contributed by atoms with Gasteiger partial charge in [0.15, 0.2) is 5.82 Å². The van der Waals surface area contributed by atoms with Crippen molar-refractivity contribution in [2.75, 3.05) is 6.61 Å². The third-order valence-corrected chi connectivity index (χ3v) is 7.97. The van der Waals surface area contributed by atoms with Crippen LogP contribution in [0, 0.1) is 11.8 Å². The molecule has 35 heavy (non-hydrogen) atoms. The first-order chi connectivity index (χ1) is 17.3. The summed E-state index contributed by atoms with van der Waals surface area (Å²) < 4.78 is 5.95. The lowest BCUT2D eigenvalue weighted by Gasteiger charge is -2.27. The van der Waals surface area contributed by atoms with Gasteiger partial charge in [0.05, 0.1) is 6.61 Å². The van der Waals surface area contributed by atoms with Crippen molar-refractivity contribution in [3.8, 4) is 17.1 Å². The van der Waals surface area contributed by atoms with Gasteiger partial charge in [-0.2, -0.15) is 0 Å². The minimum absolute atomic E-state index is 0.804. The second kappa shape index (κ2) is 16.7. The molecule has 2 aromatic rings. The highest BCUT2D eigenvalue weighted by molar-refractivity contribution is 5.55. The molecule has 0 atom stereocenters. The number of aryl methyl sites for hydroxylation is 1. The molecule has 0 aliphatic heterocycles. The van der Waals surface area contributed by atoms with Gasteiger partial charge in [0.2, 0.25) is 0 Å². The summed E-state index contributed by atoms with van der Waals surface area (Å²) in [7, 11) is 0. The van der Waals surface area contributed by atoms with Gasteiger partial charge >= 0.3 is 0 Å². The quantitative estimate of drug-likeness (QED) is 0.212. The Labute approximate surface area is 215 Å². The number of nitrogens with zero attached hydrogens (tertiary/aromatic N) is 2. The van der Waals surface area contributed by atoms with Gasteiger partial charge in [-0.1, -0.05) is 104 Å². The second-order valence-electron chi connectivity index (χ2n) is 10.8. The Morgan fingerprint density at radius 3 is 1.89 bits per heavy atom. The fraction of sp³-hybridized carbons (Fsp3) is 0.688. The Hall–Kier alpha value is -1.90. The molecule has 0 saturated heterocycles. The summed E-state index contributed by atoms with van der Waals surface area (Å²) >= 11 is 0. The summed E-state index contributed by atoms with van der Waals surface area (Å²) in [6, 6.07) is 8.26. The van der Waals surface area contributed by atoms with E-state index in [4.69, 9.17) is 4.74 Å². The van der Waals surface area contributed by atoms with Crippen LogP contribution in [0.2, 0.25) is 0 Å². The van der Waals surface area contributed by atoms with E-state index in [1.807, 2.05) is 12.4 Å². The monoisotopic (exact) mass is 478 g/mol. The molecule has 1 aliphatic carbocycles. The first-order valence-corrected chi connectivity index (χ1v) is 14.8. The van der Waals surface area contributed by atoms with Crippen LogP contribution in [-0.4, -0.2) is 16.6 Å². The Morgan fingerprint density at radius 1 is 0.714 bits per heavy atom. The molecular weight excluding hydrogens is 428 g/mol. The van der Waals surface area contributed by atoms with Crippen LogP contribution in [0.15, 0.2) is 36.7 Å². The first-order valence-electron chi connectivity index (χ1n) is 14.8. The van der Waals surface area contributed by atoms with Crippen LogP contribution in [0.3, 0.4) is 0 Å². The van der Waals surface area contributed by atoms with E-state index in [-0.39, 0.29) is 0 Å². The van der Waals surface area contributed by atoms with E-state index in [2.05, 4.69) is 48.1 Å². The molecule has 0 radical (unpaired) electrons. The number of rotatable bonds is 17. The van der Waals surface area contributed by atoms with Gasteiger partial charge in [-0.3, -0.25) is 0 Å². The molecule has 0 N–H and O–H groups in total. The maximum Gasteiger partial charge on any atom is 0.159 e. The predicted octanol–water partition coefficient (Wildman–Crippen LogP) is 9.59. The van der Waals surface area contributed by atoms with Gasteiger partial charge in [0, 0.05) is 18.0 Å². The van der Waals surface area contributed by atoms with E-state index in [1.54, 1.807) is 0 Å². The smallest absolute Gasteiger partial charge is 0.159 e. The van der Waals surface area contributed by atoms with E-state index in [1.165, 1.54) is 102 Å². The van der Waals surface area contributed by atoms with E-state index in [0.29, 0.717) is 0 Å². The topological polar surface area (TPSA) is 35.0 Å². The van der Waals surface area contributed by atoms with Crippen molar-refractivity contribution < 1.29 is 4.74 Å². The lowest BCUT2D eigenvalue weighted by atomic mass is 9.79. The summed E-state index contributed by atoms with van der Waals surface area (Å²) in [5.41, 5.74) is 2.32. The lowest BCUT2D eigenvalue weighted by Crippen LogP contribution is -2.14. The van der Waals surface area contributed by atoms with Crippen LogP contribution >= 0.6 is 0 Å². The Kier molecular flexibility index (Phi) is 13.2. The average Bonchev–Trinajstić information content (AvgIpc) is 2.91. The van der Waals surface area contributed by atoms with Gasteiger partial charge in [-0.05, 0) is 60.9 Å². The molecule has 0 amide bonds. The van der Waals surface area contributed by atoms with Crippen molar-refractivity contribution >= 4 is 0 Å². The molecule has 0 unspecified atom stereocenters. The van der Waals surface area contributed by atoms with Crippen LogP contribution in [0.5, 0.6) is 5.75 Å². The standard InChI is InChI=1S/C32H50N2O/c1-3-5-6-7-8-9-10-11-12-13-24-35-31-22-20-30(21-23-31)32-33-25-29(26-34-32)19-18-28-16-14-27(4-2)15-17-28/h20-23,25-28H,3-19,24H2,1-2H3. The molecule has 1 aliphatic rings. The molecule has 3 heteroatoms. The predicted molar refractivity (Wildman–Crippen MR) is 149 cm³/mol. The molecule has 0 spiro atoms. The molecule has 1 aromatic carbocycles. The highest BCUT2D eigenvalue weighted by Gasteiger charge is 2.19. The van der Waals surface area contributed by atoms with Crippen LogP contribution < -0.4 is 4.74 Å². The maximum atomic E-state index is 5.95. The normalized spacial score (nSPS) is 18.0. The SMILES string of the molecule is CCCCCCCCCCCCOc1ccc(-c2ncc(CCC3CCC(CC)CC3)cn2)cc1. The fourth-order valence-electron chi connectivity index (χ4n) is 5.41. The Bertz CT molecular complexity index is 778. The maximum absolute atomic E-state index is 5.95. The van der Waals surface area contributed by atoms with Crippen LogP contribution in [0.1, 0.15) is 122 Å². The third kappa shape index (κ3) is 10.7. The number of aromatic nitrogens is 2. The number of unbranched alkanes of at least 4 members (excludes halogenated alkanes) is 9. The van der Waals surface area contributed by atoms with Gasteiger partial charge in [0.25, 0.3) is 0 Å². The van der Waals surface area contributed by atoms with Gasteiger partial charge in [-0.15, -0.1) is 0 Å². The first kappa shape index (κ1) is 27.7. The number of hydrogen-bond acceptors (Lipinski definition) is 3. The zero-order valence-corrected chi connectivity index (χ0v) is 22.6. The highest BCUT2D eigenvalue weighted by atomic mass is 16.5. The second-order valence-corrected chi connectivity index (χ2v) is 10.8. The van der Waals surface area contributed by atoms with Crippen LogP contribution in [0.25, 0.3) is 11.4 Å². The molecule has 194 valence electrons. The third-order valence-electron chi connectivity index (χ3n) is 7.97. The molecular formula is C32H50N2O. The molecule has 3 rings (SSSR count). The minimum Gasteiger partial charge on any atom is -0.494 e.